The SMILES string of the molecule is CC1(C)OB(C(=Cc2ccc3nc[nH]c3c2)CNC(=O)OCc2ccccc2)OC1(C)C. The molecule has 1 aliphatic heterocycles. The molecule has 1 amide bonds. The van der Waals surface area contributed by atoms with Gasteiger partial charge in [0.15, 0.2) is 0 Å². The molecule has 1 fully saturated rings. The number of ether oxygens (including phenoxy) is 1. The van der Waals surface area contributed by atoms with Gasteiger partial charge in [-0.1, -0.05) is 42.5 Å². The Hall–Kier alpha value is -3.10. The first-order chi connectivity index (χ1) is 15.2. The molecule has 0 bridgehead atoms. The Kier molecular flexibility index (Phi) is 6.08. The molecule has 7 nitrogen and oxygen atoms in total. The van der Waals surface area contributed by atoms with Crippen LogP contribution in [0.3, 0.4) is 0 Å². The quantitative estimate of drug-likeness (QED) is 0.559. The van der Waals surface area contributed by atoms with Crippen molar-refractivity contribution < 1.29 is 18.8 Å². The Bertz CT molecular complexity index is 1110. The van der Waals surface area contributed by atoms with E-state index < -0.39 is 24.4 Å². The number of hydrogen-bond acceptors (Lipinski definition) is 5. The topological polar surface area (TPSA) is 85.5 Å². The Morgan fingerprint density at radius 3 is 2.56 bits per heavy atom. The second kappa shape index (κ2) is 8.80. The fraction of sp³-hybridized carbons (Fsp3) is 0.333. The average molecular weight is 433 g/mol. The number of nitrogens with one attached hydrogen (secondary N) is 2. The largest absolute Gasteiger partial charge is 0.492 e. The average Bonchev–Trinajstić information content (AvgIpc) is 3.31. The first kappa shape index (κ1) is 22.1. The summed E-state index contributed by atoms with van der Waals surface area (Å²) >= 11 is 0. The fourth-order valence-electron chi connectivity index (χ4n) is 3.40. The van der Waals surface area contributed by atoms with Gasteiger partial charge in [-0.25, -0.2) is 9.78 Å². The number of alkyl carbamates (subject to hydrolysis) is 1. The Morgan fingerprint density at radius 2 is 1.84 bits per heavy atom. The molecule has 3 aromatic rings. The summed E-state index contributed by atoms with van der Waals surface area (Å²) in [5.74, 6) is 0. The normalized spacial score (nSPS) is 17.5. The molecule has 32 heavy (non-hydrogen) atoms. The van der Waals surface area contributed by atoms with Crippen molar-refractivity contribution in [1.29, 1.82) is 0 Å². The summed E-state index contributed by atoms with van der Waals surface area (Å²) in [4.78, 5) is 19.7. The first-order valence-corrected chi connectivity index (χ1v) is 10.7. The van der Waals surface area contributed by atoms with Crippen molar-refractivity contribution in [1.82, 2.24) is 15.3 Å². The molecule has 0 atom stereocenters. The van der Waals surface area contributed by atoms with Gasteiger partial charge in [-0.15, -0.1) is 0 Å². The molecule has 1 aromatic heterocycles. The molecule has 0 saturated carbocycles. The summed E-state index contributed by atoms with van der Waals surface area (Å²) in [6.45, 7) is 8.45. The summed E-state index contributed by atoms with van der Waals surface area (Å²) in [5, 5.41) is 2.83. The summed E-state index contributed by atoms with van der Waals surface area (Å²) in [6.07, 6.45) is 3.14. The van der Waals surface area contributed by atoms with Crippen molar-refractivity contribution in [2.45, 2.75) is 45.5 Å². The van der Waals surface area contributed by atoms with Crippen LogP contribution >= 0.6 is 0 Å². The predicted octanol–water partition coefficient (Wildman–Crippen LogP) is 4.50. The number of hydrogen-bond donors (Lipinski definition) is 2. The maximum absolute atomic E-state index is 12.3. The lowest BCUT2D eigenvalue weighted by atomic mass is 9.77. The van der Waals surface area contributed by atoms with Crippen molar-refractivity contribution in [2.75, 3.05) is 6.54 Å². The zero-order chi connectivity index (χ0) is 22.8. The smallest absolute Gasteiger partial charge is 0.445 e. The van der Waals surface area contributed by atoms with Crippen molar-refractivity contribution in [3.05, 3.63) is 71.5 Å². The van der Waals surface area contributed by atoms with Crippen LogP contribution in [0.2, 0.25) is 0 Å². The van der Waals surface area contributed by atoms with Gasteiger partial charge in [0.1, 0.15) is 6.61 Å². The van der Waals surface area contributed by atoms with E-state index in [1.54, 1.807) is 6.33 Å². The maximum atomic E-state index is 12.3. The zero-order valence-corrected chi connectivity index (χ0v) is 18.8. The number of aromatic amines is 1. The molecular weight excluding hydrogens is 405 g/mol. The van der Waals surface area contributed by atoms with E-state index in [2.05, 4.69) is 15.3 Å². The molecule has 2 heterocycles. The number of imidazole rings is 1. The van der Waals surface area contributed by atoms with Crippen LogP contribution < -0.4 is 5.32 Å². The summed E-state index contributed by atoms with van der Waals surface area (Å²) in [5.41, 5.74) is 3.52. The van der Waals surface area contributed by atoms with Crippen LogP contribution in [0.25, 0.3) is 17.1 Å². The van der Waals surface area contributed by atoms with Gasteiger partial charge in [-0.3, -0.25) is 0 Å². The molecule has 0 aliphatic carbocycles. The van der Waals surface area contributed by atoms with E-state index in [0.717, 1.165) is 27.6 Å². The minimum absolute atomic E-state index is 0.207. The van der Waals surface area contributed by atoms with Crippen LogP contribution in [0.1, 0.15) is 38.8 Å². The molecule has 8 heteroatoms. The second-order valence-electron chi connectivity index (χ2n) is 8.90. The third kappa shape index (κ3) is 4.87. The third-order valence-corrected chi connectivity index (χ3v) is 6.00. The molecule has 0 radical (unpaired) electrons. The number of benzene rings is 2. The van der Waals surface area contributed by atoms with Gasteiger partial charge in [0, 0.05) is 6.54 Å². The predicted molar refractivity (Wildman–Crippen MR) is 125 cm³/mol. The number of aromatic nitrogens is 2. The van der Waals surface area contributed by atoms with E-state index >= 15 is 0 Å². The number of carbonyl (C=O) groups is 1. The molecule has 0 unspecified atom stereocenters. The maximum Gasteiger partial charge on any atom is 0.492 e. The lowest BCUT2D eigenvalue weighted by molar-refractivity contribution is 0.00578. The van der Waals surface area contributed by atoms with Crippen molar-refractivity contribution in [3.8, 4) is 0 Å². The van der Waals surface area contributed by atoms with Gasteiger partial charge < -0.3 is 24.3 Å². The molecule has 4 rings (SSSR count). The number of carbonyl (C=O) groups excluding carboxylic acids is 1. The van der Waals surface area contributed by atoms with Crippen LogP contribution in [0, 0.1) is 0 Å². The first-order valence-electron chi connectivity index (χ1n) is 10.7. The van der Waals surface area contributed by atoms with Crippen molar-refractivity contribution >= 4 is 30.3 Å². The van der Waals surface area contributed by atoms with Gasteiger partial charge in [0.25, 0.3) is 0 Å². The highest BCUT2D eigenvalue weighted by atomic mass is 16.7. The zero-order valence-electron chi connectivity index (χ0n) is 18.8. The molecular formula is C24H28BN3O4. The molecule has 2 aromatic carbocycles. The van der Waals surface area contributed by atoms with E-state index in [0.29, 0.717) is 0 Å². The van der Waals surface area contributed by atoms with Crippen LogP contribution in [0.15, 0.2) is 60.3 Å². The highest BCUT2D eigenvalue weighted by molar-refractivity contribution is 6.56. The third-order valence-electron chi connectivity index (χ3n) is 6.00. The van der Waals surface area contributed by atoms with Crippen molar-refractivity contribution in [3.63, 3.8) is 0 Å². The van der Waals surface area contributed by atoms with E-state index in [9.17, 15) is 4.79 Å². The Morgan fingerprint density at radius 1 is 1.12 bits per heavy atom. The molecule has 1 aliphatic rings. The highest BCUT2D eigenvalue weighted by Gasteiger charge is 2.52. The molecule has 0 spiro atoms. The van der Waals surface area contributed by atoms with Gasteiger partial charge in [0.05, 0.1) is 28.6 Å². The van der Waals surface area contributed by atoms with Gasteiger partial charge in [-0.05, 0) is 56.4 Å². The number of H-pyrrole nitrogens is 1. The van der Waals surface area contributed by atoms with E-state index in [1.807, 2.05) is 82.3 Å². The van der Waals surface area contributed by atoms with Crippen LogP contribution in [0.4, 0.5) is 4.79 Å². The summed E-state index contributed by atoms with van der Waals surface area (Å²) in [7, 11) is -0.591. The summed E-state index contributed by atoms with van der Waals surface area (Å²) in [6, 6.07) is 15.5. The van der Waals surface area contributed by atoms with Gasteiger partial charge in [0.2, 0.25) is 0 Å². The Balaban J connectivity index is 1.50. The minimum atomic E-state index is -0.591. The lowest BCUT2D eigenvalue weighted by Gasteiger charge is -2.32. The standard InChI is InChI=1S/C24H28BN3O4/c1-23(2)24(3,4)32-25(31-23)19(12-18-10-11-20-21(13-18)28-16-27-20)14-26-22(29)30-15-17-8-6-5-7-9-17/h5-13,16H,14-15H2,1-4H3,(H,26,29)(H,27,28). The molecule has 2 N–H and O–H groups in total. The van der Waals surface area contributed by atoms with Crippen molar-refractivity contribution in [2.24, 2.45) is 0 Å². The van der Waals surface area contributed by atoms with E-state index in [-0.39, 0.29) is 13.2 Å². The van der Waals surface area contributed by atoms with Crippen LogP contribution in [-0.4, -0.2) is 40.9 Å². The second-order valence-corrected chi connectivity index (χ2v) is 8.90. The van der Waals surface area contributed by atoms with Gasteiger partial charge >= 0.3 is 13.2 Å². The van der Waals surface area contributed by atoms with Crippen LogP contribution in [-0.2, 0) is 20.7 Å². The lowest BCUT2D eigenvalue weighted by Crippen LogP contribution is -2.41. The molecule has 1 saturated heterocycles. The molecule has 166 valence electrons. The van der Waals surface area contributed by atoms with Crippen LogP contribution in [0.5, 0.6) is 0 Å². The van der Waals surface area contributed by atoms with E-state index in [4.69, 9.17) is 14.0 Å². The fourth-order valence-corrected chi connectivity index (χ4v) is 3.40. The highest BCUT2D eigenvalue weighted by Crippen LogP contribution is 2.38. The number of amides is 1. The van der Waals surface area contributed by atoms with E-state index in [1.165, 1.54) is 0 Å². The summed E-state index contributed by atoms with van der Waals surface area (Å²) < 4.78 is 17.8. The number of rotatable bonds is 6. The number of fused-ring (bicyclic) bond motifs is 1. The monoisotopic (exact) mass is 433 g/mol. The van der Waals surface area contributed by atoms with Gasteiger partial charge in [-0.2, -0.15) is 0 Å². The minimum Gasteiger partial charge on any atom is -0.445 e. The Labute approximate surface area is 188 Å². The number of nitrogens with zero attached hydrogens (tertiary/aromatic N) is 1.